The molecule has 0 spiro atoms. The first-order valence-electron chi connectivity index (χ1n) is 3.80. The Kier molecular flexibility index (Phi) is 2.17. The molecule has 0 saturated carbocycles. The maximum Gasteiger partial charge on any atom is 0.271 e. The van der Waals surface area contributed by atoms with Crippen molar-refractivity contribution in [1.82, 2.24) is 14.9 Å². The van der Waals surface area contributed by atoms with E-state index >= 15 is 0 Å². The number of carbonyl (C=O) groups is 1. The standard InChI is InChI=1S/C8H13N3O/c1-5-7(8(12)9-3)10-6(2)11(5)4/h1-4H3,(H,9,12). The van der Waals surface area contributed by atoms with Crippen molar-refractivity contribution in [1.29, 1.82) is 0 Å². The van der Waals surface area contributed by atoms with Crippen molar-refractivity contribution in [3.63, 3.8) is 0 Å². The van der Waals surface area contributed by atoms with Crippen LogP contribution in [0.15, 0.2) is 0 Å². The van der Waals surface area contributed by atoms with E-state index in [9.17, 15) is 4.79 Å². The summed E-state index contributed by atoms with van der Waals surface area (Å²) in [7, 11) is 3.50. The number of rotatable bonds is 1. The second-order valence-corrected chi connectivity index (χ2v) is 2.73. The van der Waals surface area contributed by atoms with Crippen LogP contribution >= 0.6 is 0 Å². The number of hydrogen-bond acceptors (Lipinski definition) is 2. The van der Waals surface area contributed by atoms with E-state index in [4.69, 9.17) is 0 Å². The minimum Gasteiger partial charge on any atom is -0.354 e. The van der Waals surface area contributed by atoms with Gasteiger partial charge in [-0.05, 0) is 13.8 Å². The molecule has 0 unspecified atom stereocenters. The van der Waals surface area contributed by atoms with Crippen molar-refractivity contribution in [3.05, 3.63) is 17.2 Å². The molecule has 0 saturated heterocycles. The van der Waals surface area contributed by atoms with Crippen LogP contribution in [0.4, 0.5) is 0 Å². The number of nitrogens with zero attached hydrogens (tertiary/aromatic N) is 2. The average molecular weight is 167 g/mol. The summed E-state index contributed by atoms with van der Waals surface area (Å²) in [6.07, 6.45) is 0. The molecule has 1 aromatic rings. The van der Waals surface area contributed by atoms with Crippen LogP contribution in [0.3, 0.4) is 0 Å². The molecule has 1 aromatic heterocycles. The van der Waals surface area contributed by atoms with E-state index in [0.717, 1.165) is 11.5 Å². The van der Waals surface area contributed by atoms with Gasteiger partial charge in [0.25, 0.3) is 5.91 Å². The largest absolute Gasteiger partial charge is 0.354 e. The molecule has 0 aliphatic rings. The lowest BCUT2D eigenvalue weighted by Crippen LogP contribution is -2.19. The van der Waals surface area contributed by atoms with Crippen LogP contribution in [0.5, 0.6) is 0 Å². The van der Waals surface area contributed by atoms with Gasteiger partial charge in [-0.25, -0.2) is 4.98 Å². The van der Waals surface area contributed by atoms with Gasteiger partial charge in [-0.15, -0.1) is 0 Å². The van der Waals surface area contributed by atoms with Gasteiger partial charge in [0.2, 0.25) is 0 Å². The Hall–Kier alpha value is -1.32. The molecule has 4 heteroatoms. The number of aromatic nitrogens is 2. The molecule has 4 nitrogen and oxygen atoms in total. The van der Waals surface area contributed by atoms with Crippen LogP contribution in [0.25, 0.3) is 0 Å². The molecule has 0 aliphatic heterocycles. The lowest BCUT2D eigenvalue weighted by Gasteiger charge is -1.97. The predicted octanol–water partition coefficient (Wildman–Crippen LogP) is 0.397. The number of amides is 1. The molecule has 0 atom stereocenters. The maximum absolute atomic E-state index is 11.2. The Balaban J connectivity index is 3.17. The topological polar surface area (TPSA) is 46.9 Å². The van der Waals surface area contributed by atoms with E-state index < -0.39 is 0 Å². The Bertz CT molecular complexity index is 314. The average Bonchev–Trinajstić information content (AvgIpc) is 2.32. The zero-order valence-electron chi connectivity index (χ0n) is 7.80. The molecular formula is C8H13N3O. The van der Waals surface area contributed by atoms with E-state index in [2.05, 4.69) is 10.3 Å². The lowest BCUT2D eigenvalue weighted by atomic mass is 10.3. The Morgan fingerprint density at radius 1 is 1.50 bits per heavy atom. The Labute approximate surface area is 71.6 Å². The number of imidazole rings is 1. The summed E-state index contributed by atoms with van der Waals surface area (Å²) in [5, 5.41) is 2.55. The van der Waals surface area contributed by atoms with Gasteiger partial charge in [0, 0.05) is 19.8 Å². The molecule has 0 radical (unpaired) electrons. The van der Waals surface area contributed by atoms with Crippen molar-refractivity contribution in [2.75, 3.05) is 7.05 Å². The minimum absolute atomic E-state index is 0.129. The quantitative estimate of drug-likeness (QED) is 0.658. The fraction of sp³-hybridized carbons (Fsp3) is 0.500. The fourth-order valence-electron chi connectivity index (χ4n) is 1.05. The highest BCUT2D eigenvalue weighted by atomic mass is 16.1. The highest BCUT2D eigenvalue weighted by molar-refractivity contribution is 5.93. The molecule has 0 fully saturated rings. The smallest absolute Gasteiger partial charge is 0.271 e. The second-order valence-electron chi connectivity index (χ2n) is 2.73. The lowest BCUT2D eigenvalue weighted by molar-refractivity contribution is 0.0958. The summed E-state index contributed by atoms with van der Waals surface area (Å²) in [4.78, 5) is 15.3. The van der Waals surface area contributed by atoms with E-state index in [1.165, 1.54) is 0 Å². The molecule has 0 bridgehead atoms. The molecule has 1 amide bonds. The SMILES string of the molecule is CNC(=O)c1nc(C)n(C)c1C. The van der Waals surface area contributed by atoms with Crippen LogP contribution in [0, 0.1) is 13.8 Å². The molecular weight excluding hydrogens is 154 g/mol. The molecule has 0 aromatic carbocycles. The van der Waals surface area contributed by atoms with Crippen molar-refractivity contribution >= 4 is 5.91 Å². The number of hydrogen-bond donors (Lipinski definition) is 1. The van der Waals surface area contributed by atoms with Crippen molar-refractivity contribution in [2.45, 2.75) is 13.8 Å². The Morgan fingerprint density at radius 2 is 2.08 bits per heavy atom. The number of aryl methyl sites for hydroxylation is 1. The van der Waals surface area contributed by atoms with Gasteiger partial charge in [0.05, 0.1) is 0 Å². The molecule has 12 heavy (non-hydrogen) atoms. The predicted molar refractivity (Wildman–Crippen MR) is 46.1 cm³/mol. The molecule has 66 valence electrons. The highest BCUT2D eigenvalue weighted by Crippen LogP contribution is 2.07. The first-order valence-corrected chi connectivity index (χ1v) is 3.80. The van der Waals surface area contributed by atoms with Gasteiger partial charge in [-0.1, -0.05) is 0 Å². The van der Waals surface area contributed by atoms with Gasteiger partial charge in [0.1, 0.15) is 11.5 Å². The Morgan fingerprint density at radius 3 is 2.42 bits per heavy atom. The summed E-state index contributed by atoms with van der Waals surface area (Å²) in [5.74, 6) is 0.724. The third-order valence-corrected chi connectivity index (χ3v) is 2.05. The van der Waals surface area contributed by atoms with E-state index in [-0.39, 0.29) is 5.91 Å². The van der Waals surface area contributed by atoms with E-state index in [1.54, 1.807) is 7.05 Å². The molecule has 1 heterocycles. The zero-order chi connectivity index (χ0) is 9.30. The van der Waals surface area contributed by atoms with Gasteiger partial charge in [-0.2, -0.15) is 0 Å². The normalized spacial score (nSPS) is 10.0. The minimum atomic E-state index is -0.129. The summed E-state index contributed by atoms with van der Waals surface area (Å²) in [6.45, 7) is 3.75. The first kappa shape index (κ1) is 8.77. The maximum atomic E-state index is 11.2. The van der Waals surface area contributed by atoms with Gasteiger partial charge in [-0.3, -0.25) is 4.79 Å². The first-order chi connectivity index (χ1) is 5.57. The third-order valence-electron chi connectivity index (χ3n) is 2.05. The van der Waals surface area contributed by atoms with Crippen LogP contribution in [0.1, 0.15) is 22.0 Å². The van der Waals surface area contributed by atoms with Crippen molar-refractivity contribution in [2.24, 2.45) is 7.05 Å². The highest BCUT2D eigenvalue weighted by Gasteiger charge is 2.13. The zero-order valence-corrected chi connectivity index (χ0v) is 7.80. The number of nitrogens with one attached hydrogen (secondary N) is 1. The monoisotopic (exact) mass is 167 g/mol. The van der Waals surface area contributed by atoms with Crippen molar-refractivity contribution in [3.8, 4) is 0 Å². The van der Waals surface area contributed by atoms with Crippen LogP contribution < -0.4 is 5.32 Å². The molecule has 0 aliphatic carbocycles. The van der Waals surface area contributed by atoms with Gasteiger partial charge >= 0.3 is 0 Å². The summed E-state index contributed by atoms with van der Waals surface area (Å²) < 4.78 is 1.89. The molecule has 1 rings (SSSR count). The number of carbonyl (C=O) groups excluding carboxylic acids is 1. The van der Waals surface area contributed by atoms with Gasteiger partial charge < -0.3 is 9.88 Å². The van der Waals surface area contributed by atoms with E-state index in [0.29, 0.717) is 5.69 Å². The summed E-state index contributed by atoms with van der Waals surface area (Å²) >= 11 is 0. The third kappa shape index (κ3) is 1.20. The second kappa shape index (κ2) is 2.97. The van der Waals surface area contributed by atoms with Crippen LogP contribution in [0.2, 0.25) is 0 Å². The van der Waals surface area contributed by atoms with Crippen molar-refractivity contribution < 1.29 is 4.79 Å². The van der Waals surface area contributed by atoms with Crippen LogP contribution in [-0.4, -0.2) is 22.5 Å². The van der Waals surface area contributed by atoms with Gasteiger partial charge in [0.15, 0.2) is 0 Å². The molecule has 1 N–H and O–H groups in total. The van der Waals surface area contributed by atoms with Crippen LogP contribution in [-0.2, 0) is 7.05 Å². The van der Waals surface area contributed by atoms with E-state index in [1.807, 2.05) is 25.5 Å². The summed E-state index contributed by atoms with van der Waals surface area (Å²) in [6, 6.07) is 0. The fourth-order valence-corrected chi connectivity index (χ4v) is 1.05. The summed E-state index contributed by atoms with van der Waals surface area (Å²) in [5.41, 5.74) is 1.41.